The molecule has 0 aromatic carbocycles. The van der Waals surface area contributed by atoms with Gasteiger partial charge in [-0.2, -0.15) is 0 Å². The van der Waals surface area contributed by atoms with E-state index in [1.807, 2.05) is 4.90 Å². The third-order valence-corrected chi connectivity index (χ3v) is 4.60. The molecule has 1 heterocycles. The van der Waals surface area contributed by atoms with E-state index in [-0.39, 0.29) is 24.4 Å². The minimum atomic E-state index is -0.756. The number of nitrogens with one attached hydrogen (secondary N) is 1. The van der Waals surface area contributed by atoms with Crippen LogP contribution in [0.25, 0.3) is 0 Å². The van der Waals surface area contributed by atoms with Gasteiger partial charge in [0.25, 0.3) is 0 Å². The highest BCUT2D eigenvalue weighted by Gasteiger charge is 2.44. The lowest BCUT2D eigenvalue weighted by Crippen LogP contribution is -2.67. The molecular formula is C15H26N2O2. The van der Waals surface area contributed by atoms with Crippen molar-refractivity contribution in [2.45, 2.75) is 65.0 Å². The van der Waals surface area contributed by atoms with Crippen LogP contribution in [-0.4, -0.2) is 34.8 Å². The smallest absolute Gasteiger partial charge is 0.248 e. The van der Waals surface area contributed by atoms with E-state index in [9.17, 15) is 9.59 Å². The fourth-order valence-electron chi connectivity index (χ4n) is 3.60. The zero-order valence-corrected chi connectivity index (χ0v) is 12.5. The van der Waals surface area contributed by atoms with Crippen molar-refractivity contribution in [2.75, 3.05) is 6.54 Å². The van der Waals surface area contributed by atoms with E-state index >= 15 is 0 Å². The monoisotopic (exact) mass is 266 g/mol. The summed E-state index contributed by atoms with van der Waals surface area (Å²) >= 11 is 0. The van der Waals surface area contributed by atoms with Crippen molar-refractivity contribution in [2.24, 2.45) is 11.8 Å². The van der Waals surface area contributed by atoms with Crippen LogP contribution in [0.1, 0.15) is 53.4 Å². The molecule has 0 aromatic heterocycles. The van der Waals surface area contributed by atoms with Crippen LogP contribution in [-0.2, 0) is 9.59 Å². The summed E-state index contributed by atoms with van der Waals surface area (Å²) in [6, 6.07) is 0.242. The van der Waals surface area contributed by atoms with Gasteiger partial charge >= 0.3 is 0 Å². The van der Waals surface area contributed by atoms with Crippen molar-refractivity contribution in [1.82, 2.24) is 10.2 Å². The third-order valence-electron chi connectivity index (χ3n) is 4.60. The standard InChI is InChI=1S/C15H26N2O2/c1-10(2)11-7-5-6-8-12(11)17-9-13(18)16-15(3,4)14(17)19/h10-12H,5-9H2,1-4H3,(H,16,18). The Morgan fingerprint density at radius 3 is 2.47 bits per heavy atom. The zero-order chi connectivity index (χ0) is 14.2. The topological polar surface area (TPSA) is 49.4 Å². The van der Waals surface area contributed by atoms with Crippen LogP contribution in [0.4, 0.5) is 0 Å². The molecule has 0 radical (unpaired) electrons. The first-order chi connectivity index (χ1) is 8.83. The fourth-order valence-corrected chi connectivity index (χ4v) is 3.60. The van der Waals surface area contributed by atoms with Gasteiger partial charge in [0, 0.05) is 6.04 Å². The maximum Gasteiger partial charge on any atom is 0.248 e. The van der Waals surface area contributed by atoms with Crippen LogP contribution in [0.15, 0.2) is 0 Å². The van der Waals surface area contributed by atoms with Crippen LogP contribution in [0.5, 0.6) is 0 Å². The molecule has 19 heavy (non-hydrogen) atoms. The summed E-state index contributed by atoms with van der Waals surface area (Å²) in [7, 11) is 0. The number of amides is 2. The molecule has 2 fully saturated rings. The first kappa shape index (κ1) is 14.4. The van der Waals surface area contributed by atoms with Gasteiger partial charge in [0.05, 0.1) is 6.54 Å². The van der Waals surface area contributed by atoms with Crippen LogP contribution >= 0.6 is 0 Å². The van der Waals surface area contributed by atoms with Crippen LogP contribution in [0.2, 0.25) is 0 Å². The SMILES string of the molecule is CC(C)C1CCCCC1N1CC(=O)NC(C)(C)C1=O. The Morgan fingerprint density at radius 2 is 1.84 bits per heavy atom. The van der Waals surface area contributed by atoms with E-state index in [0.29, 0.717) is 11.8 Å². The molecule has 1 saturated heterocycles. The Balaban J connectivity index is 2.22. The Labute approximate surface area is 115 Å². The molecule has 1 aliphatic heterocycles. The highest BCUT2D eigenvalue weighted by atomic mass is 16.2. The molecule has 0 bridgehead atoms. The van der Waals surface area contributed by atoms with Gasteiger partial charge in [0.15, 0.2) is 0 Å². The van der Waals surface area contributed by atoms with Crippen LogP contribution in [0, 0.1) is 11.8 Å². The van der Waals surface area contributed by atoms with Gasteiger partial charge in [-0.05, 0) is 38.5 Å². The molecule has 0 aromatic rings. The predicted octanol–water partition coefficient (Wildman–Crippen LogP) is 1.94. The Hall–Kier alpha value is -1.06. The molecule has 4 nitrogen and oxygen atoms in total. The maximum atomic E-state index is 12.6. The highest BCUT2D eigenvalue weighted by molar-refractivity contribution is 5.97. The Morgan fingerprint density at radius 1 is 1.21 bits per heavy atom. The number of carbonyl (C=O) groups excluding carboxylic acids is 2. The first-order valence-electron chi connectivity index (χ1n) is 7.45. The summed E-state index contributed by atoms with van der Waals surface area (Å²) in [6.07, 6.45) is 4.63. The average molecular weight is 266 g/mol. The van der Waals surface area contributed by atoms with Crippen molar-refractivity contribution < 1.29 is 9.59 Å². The number of rotatable bonds is 2. The van der Waals surface area contributed by atoms with E-state index in [4.69, 9.17) is 0 Å². The van der Waals surface area contributed by atoms with Crippen molar-refractivity contribution in [3.05, 3.63) is 0 Å². The van der Waals surface area contributed by atoms with Gasteiger partial charge in [0.1, 0.15) is 5.54 Å². The van der Waals surface area contributed by atoms with Gasteiger partial charge < -0.3 is 10.2 Å². The summed E-state index contributed by atoms with van der Waals surface area (Å²) < 4.78 is 0. The van der Waals surface area contributed by atoms with E-state index in [2.05, 4.69) is 19.2 Å². The molecular weight excluding hydrogens is 240 g/mol. The summed E-state index contributed by atoms with van der Waals surface area (Å²) in [5.74, 6) is 1.13. The normalized spacial score (nSPS) is 31.5. The summed E-state index contributed by atoms with van der Waals surface area (Å²) in [6.45, 7) is 8.28. The van der Waals surface area contributed by atoms with Gasteiger partial charge in [-0.25, -0.2) is 0 Å². The molecule has 1 aliphatic carbocycles. The molecule has 2 amide bonds. The number of carbonyl (C=O) groups is 2. The average Bonchev–Trinajstić information content (AvgIpc) is 2.33. The molecule has 2 rings (SSSR count). The van der Waals surface area contributed by atoms with Gasteiger partial charge in [-0.1, -0.05) is 26.7 Å². The van der Waals surface area contributed by atoms with Gasteiger partial charge in [0.2, 0.25) is 11.8 Å². The maximum absolute atomic E-state index is 12.6. The quantitative estimate of drug-likeness (QED) is 0.830. The summed E-state index contributed by atoms with van der Waals surface area (Å²) in [5, 5.41) is 2.79. The predicted molar refractivity (Wildman–Crippen MR) is 74.5 cm³/mol. The number of piperazine rings is 1. The molecule has 1 N–H and O–H groups in total. The molecule has 2 unspecified atom stereocenters. The zero-order valence-electron chi connectivity index (χ0n) is 12.5. The Bertz CT molecular complexity index is 376. The van der Waals surface area contributed by atoms with Crippen LogP contribution < -0.4 is 5.32 Å². The van der Waals surface area contributed by atoms with E-state index in [1.54, 1.807) is 13.8 Å². The lowest BCUT2D eigenvalue weighted by molar-refractivity contribution is -0.153. The minimum absolute atomic E-state index is 0.0299. The molecule has 0 spiro atoms. The molecule has 2 aliphatic rings. The highest BCUT2D eigenvalue weighted by Crippen LogP contribution is 2.35. The first-order valence-corrected chi connectivity index (χ1v) is 7.45. The fraction of sp³-hybridized carbons (Fsp3) is 0.867. The molecule has 1 saturated carbocycles. The van der Waals surface area contributed by atoms with E-state index < -0.39 is 5.54 Å². The van der Waals surface area contributed by atoms with E-state index in [0.717, 1.165) is 6.42 Å². The second-order valence-corrected chi connectivity index (χ2v) is 6.87. The molecule has 108 valence electrons. The Kier molecular flexibility index (Phi) is 3.88. The summed E-state index contributed by atoms with van der Waals surface area (Å²) in [5.41, 5.74) is -0.756. The van der Waals surface area contributed by atoms with Crippen LogP contribution in [0.3, 0.4) is 0 Å². The largest absolute Gasteiger partial charge is 0.341 e. The summed E-state index contributed by atoms with van der Waals surface area (Å²) in [4.78, 5) is 26.3. The second-order valence-electron chi connectivity index (χ2n) is 6.87. The van der Waals surface area contributed by atoms with Crippen molar-refractivity contribution in [3.63, 3.8) is 0 Å². The third kappa shape index (κ3) is 2.77. The number of hydrogen-bond donors (Lipinski definition) is 1. The minimum Gasteiger partial charge on any atom is -0.341 e. The molecule has 4 heteroatoms. The van der Waals surface area contributed by atoms with E-state index in [1.165, 1.54) is 19.3 Å². The van der Waals surface area contributed by atoms with Gasteiger partial charge in [-0.3, -0.25) is 9.59 Å². The number of hydrogen-bond acceptors (Lipinski definition) is 2. The van der Waals surface area contributed by atoms with Gasteiger partial charge in [-0.15, -0.1) is 0 Å². The van der Waals surface area contributed by atoms with Crippen molar-refractivity contribution in [3.8, 4) is 0 Å². The number of nitrogens with zero attached hydrogens (tertiary/aromatic N) is 1. The van der Waals surface area contributed by atoms with Crippen molar-refractivity contribution >= 4 is 11.8 Å². The second kappa shape index (κ2) is 5.14. The lowest BCUT2D eigenvalue weighted by Gasteiger charge is -2.46. The molecule has 2 atom stereocenters. The van der Waals surface area contributed by atoms with Crippen molar-refractivity contribution in [1.29, 1.82) is 0 Å². The lowest BCUT2D eigenvalue weighted by atomic mass is 9.76.